The topological polar surface area (TPSA) is 71.7 Å². The summed E-state index contributed by atoms with van der Waals surface area (Å²) in [6.45, 7) is 2.18. The third-order valence-electron chi connectivity index (χ3n) is 4.87. The molecule has 0 saturated carbocycles. The maximum Gasteiger partial charge on any atom is 0.352 e. The second kappa shape index (κ2) is 7.81. The number of aromatic hydroxyl groups is 1. The molecule has 29 heavy (non-hydrogen) atoms. The van der Waals surface area contributed by atoms with Crippen LogP contribution in [0.15, 0.2) is 59.3 Å². The third-order valence-corrected chi connectivity index (χ3v) is 5.94. The highest BCUT2D eigenvalue weighted by Crippen LogP contribution is 2.32. The van der Waals surface area contributed by atoms with Crippen LogP contribution in [0.4, 0.5) is 0 Å². The fourth-order valence-corrected chi connectivity index (χ4v) is 4.30. The number of nitrogens with zero attached hydrogens (tertiary/aromatic N) is 1. The molecule has 1 atom stereocenters. The lowest BCUT2D eigenvalue weighted by Gasteiger charge is -2.17. The van der Waals surface area contributed by atoms with E-state index < -0.39 is 5.97 Å². The number of carboxylic acid groups (broad SMARTS) is 1. The Balaban J connectivity index is 1.68. The van der Waals surface area contributed by atoms with Crippen LogP contribution in [0.1, 0.15) is 34.6 Å². The number of phenolic OH excluding ortho intramolecular Hbond substituents is 1. The van der Waals surface area contributed by atoms with Crippen molar-refractivity contribution in [2.24, 2.45) is 0 Å². The van der Waals surface area contributed by atoms with Gasteiger partial charge in [0.2, 0.25) is 0 Å². The molecule has 7 heteroatoms. The van der Waals surface area contributed by atoms with Gasteiger partial charge in [-0.1, -0.05) is 11.6 Å². The van der Waals surface area contributed by atoms with Gasteiger partial charge in [-0.2, -0.15) is 11.3 Å². The molecule has 0 aliphatic carbocycles. The molecule has 0 aliphatic heterocycles. The van der Waals surface area contributed by atoms with Gasteiger partial charge in [0, 0.05) is 21.5 Å². The molecule has 2 heterocycles. The molecule has 4 rings (SSSR count). The van der Waals surface area contributed by atoms with Crippen LogP contribution in [-0.2, 0) is 6.61 Å². The Bertz CT molecular complexity index is 1180. The molecule has 0 saturated heterocycles. The summed E-state index contributed by atoms with van der Waals surface area (Å²) in [6.07, 6.45) is 0. The number of ether oxygens (including phenoxy) is 1. The van der Waals surface area contributed by atoms with E-state index in [1.165, 1.54) is 6.07 Å². The molecular weight excluding hydrogens is 410 g/mol. The van der Waals surface area contributed by atoms with Crippen molar-refractivity contribution < 1.29 is 19.7 Å². The number of benzene rings is 2. The van der Waals surface area contributed by atoms with Crippen LogP contribution in [0.5, 0.6) is 11.5 Å². The Labute approximate surface area is 176 Å². The Kier molecular flexibility index (Phi) is 5.22. The minimum absolute atomic E-state index is 0.109. The monoisotopic (exact) mass is 427 g/mol. The molecule has 2 N–H and O–H groups in total. The van der Waals surface area contributed by atoms with E-state index in [4.69, 9.17) is 16.3 Å². The number of phenols is 1. The van der Waals surface area contributed by atoms with E-state index in [1.807, 2.05) is 46.5 Å². The number of aromatic carboxylic acids is 1. The maximum atomic E-state index is 11.8. The third kappa shape index (κ3) is 3.81. The molecule has 4 aromatic rings. The minimum atomic E-state index is -0.975. The van der Waals surface area contributed by atoms with Crippen LogP contribution in [0.3, 0.4) is 0 Å². The van der Waals surface area contributed by atoms with Gasteiger partial charge in [-0.25, -0.2) is 4.79 Å². The standard InChI is InChI=1S/C22H18ClNO4S/c1-13(14-6-7-29-12-14)24-20-5-3-18(9-15(20)10-21(24)22(26)27)28-11-16-8-17(25)2-4-19(16)23/h2-10,12-13,25H,11H2,1H3,(H,26,27). The van der Waals surface area contributed by atoms with E-state index in [9.17, 15) is 15.0 Å². The largest absolute Gasteiger partial charge is 0.508 e. The van der Waals surface area contributed by atoms with Crippen molar-refractivity contribution in [1.29, 1.82) is 0 Å². The van der Waals surface area contributed by atoms with Crippen LogP contribution >= 0.6 is 22.9 Å². The van der Waals surface area contributed by atoms with Crippen LogP contribution < -0.4 is 4.74 Å². The Morgan fingerprint density at radius 3 is 2.76 bits per heavy atom. The highest BCUT2D eigenvalue weighted by Gasteiger charge is 2.20. The average molecular weight is 428 g/mol. The quantitative estimate of drug-likeness (QED) is 0.399. The summed E-state index contributed by atoms with van der Waals surface area (Å²) in [4.78, 5) is 11.8. The molecule has 1 unspecified atom stereocenters. The van der Waals surface area contributed by atoms with Gasteiger partial charge in [0.1, 0.15) is 23.8 Å². The van der Waals surface area contributed by atoms with Crippen molar-refractivity contribution in [3.05, 3.63) is 81.1 Å². The lowest BCUT2D eigenvalue weighted by Crippen LogP contribution is -2.13. The zero-order valence-electron chi connectivity index (χ0n) is 15.5. The van der Waals surface area contributed by atoms with E-state index in [0.29, 0.717) is 16.3 Å². The molecule has 2 aromatic heterocycles. The normalized spacial score (nSPS) is 12.2. The number of hydrogen-bond donors (Lipinski definition) is 2. The van der Waals surface area contributed by atoms with Crippen LogP contribution in [0.2, 0.25) is 5.02 Å². The highest BCUT2D eigenvalue weighted by molar-refractivity contribution is 7.08. The minimum Gasteiger partial charge on any atom is -0.508 e. The second-order valence-corrected chi connectivity index (χ2v) is 7.91. The van der Waals surface area contributed by atoms with Gasteiger partial charge in [-0.15, -0.1) is 0 Å². The van der Waals surface area contributed by atoms with E-state index in [1.54, 1.807) is 29.5 Å². The first kappa shape index (κ1) is 19.4. The van der Waals surface area contributed by atoms with Gasteiger partial charge in [-0.05, 0) is 71.8 Å². The zero-order valence-corrected chi connectivity index (χ0v) is 17.1. The molecule has 5 nitrogen and oxygen atoms in total. The first-order valence-electron chi connectivity index (χ1n) is 8.94. The van der Waals surface area contributed by atoms with Gasteiger partial charge < -0.3 is 19.5 Å². The fourth-order valence-electron chi connectivity index (χ4n) is 3.38. The molecule has 0 aliphatic rings. The number of carbonyl (C=O) groups is 1. The lowest BCUT2D eigenvalue weighted by molar-refractivity contribution is 0.0684. The number of halogens is 1. The molecule has 0 amide bonds. The van der Waals surface area contributed by atoms with Crippen LogP contribution in [0, 0.1) is 0 Å². The molecule has 0 fully saturated rings. The summed E-state index contributed by atoms with van der Waals surface area (Å²) in [5.41, 5.74) is 2.78. The first-order chi connectivity index (χ1) is 13.9. The molecule has 0 spiro atoms. The van der Waals surface area contributed by atoms with Gasteiger partial charge in [-0.3, -0.25) is 0 Å². The number of thiophene rings is 1. The van der Waals surface area contributed by atoms with Gasteiger partial charge in [0.25, 0.3) is 0 Å². The van der Waals surface area contributed by atoms with Crippen molar-refractivity contribution in [3.63, 3.8) is 0 Å². The fraction of sp³-hybridized carbons (Fsp3) is 0.136. The summed E-state index contributed by atoms with van der Waals surface area (Å²) in [5.74, 6) is -0.263. The van der Waals surface area contributed by atoms with Gasteiger partial charge in [0.15, 0.2) is 0 Å². The summed E-state index contributed by atoms with van der Waals surface area (Å²) in [5, 5.41) is 24.6. The Morgan fingerprint density at radius 1 is 1.21 bits per heavy atom. The van der Waals surface area contributed by atoms with E-state index in [2.05, 4.69) is 0 Å². The Morgan fingerprint density at radius 2 is 2.03 bits per heavy atom. The van der Waals surface area contributed by atoms with E-state index in [-0.39, 0.29) is 24.1 Å². The summed E-state index contributed by atoms with van der Waals surface area (Å²) >= 11 is 7.73. The van der Waals surface area contributed by atoms with Crippen molar-refractivity contribution in [2.75, 3.05) is 0 Å². The second-order valence-electron chi connectivity index (χ2n) is 6.72. The van der Waals surface area contributed by atoms with E-state index in [0.717, 1.165) is 16.5 Å². The molecule has 0 radical (unpaired) electrons. The van der Waals surface area contributed by atoms with Crippen molar-refractivity contribution >= 4 is 39.8 Å². The molecule has 2 aromatic carbocycles. The van der Waals surface area contributed by atoms with E-state index >= 15 is 0 Å². The summed E-state index contributed by atoms with van der Waals surface area (Å²) < 4.78 is 7.66. The van der Waals surface area contributed by atoms with Crippen molar-refractivity contribution in [2.45, 2.75) is 19.6 Å². The molecular formula is C22H18ClNO4S. The predicted octanol–water partition coefficient (Wildman–Crippen LogP) is 5.95. The number of hydrogen-bond acceptors (Lipinski definition) is 4. The molecule has 148 valence electrons. The van der Waals surface area contributed by atoms with Gasteiger partial charge in [0.05, 0.1) is 6.04 Å². The predicted molar refractivity (Wildman–Crippen MR) is 114 cm³/mol. The van der Waals surface area contributed by atoms with Crippen molar-refractivity contribution in [1.82, 2.24) is 4.57 Å². The van der Waals surface area contributed by atoms with Crippen LogP contribution in [0.25, 0.3) is 10.9 Å². The zero-order chi connectivity index (χ0) is 20.5. The SMILES string of the molecule is CC(c1ccsc1)n1c(C(=O)O)cc2cc(OCc3cc(O)ccc3Cl)ccc21. The summed E-state index contributed by atoms with van der Waals surface area (Å²) in [7, 11) is 0. The smallest absolute Gasteiger partial charge is 0.352 e. The van der Waals surface area contributed by atoms with Gasteiger partial charge >= 0.3 is 5.97 Å². The lowest BCUT2D eigenvalue weighted by atomic mass is 10.1. The summed E-state index contributed by atoms with van der Waals surface area (Å²) in [6, 6.07) is 13.7. The Hall–Kier alpha value is -2.96. The maximum absolute atomic E-state index is 11.8. The number of fused-ring (bicyclic) bond motifs is 1. The van der Waals surface area contributed by atoms with Crippen LogP contribution in [-0.4, -0.2) is 20.7 Å². The van der Waals surface area contributed by atoms with Crippen molar-refractivity contribution in [3.8, 4) is 11.5 Å². The number of rotatable bonds is 6. The number of aromatic nitrogens is 1. The average Bonchev–Trinajstić information content (AvgIpc) is 3.35. The molecule has 0 bridgehead atoms. The first-order valence-corrected chi connectivity index (χ1v) is 10.3. The highest BCUT2D eigenvalue weighted by atomic mass is 35.5. The number of carboxylic acids is 1.